The molecule has 0 aromatic carbocycles. The van der Waals surface area contributed by atoms with E-state index in [2.05, 4.69) is 9.97 Å². The summed E-state index contributed by atoms with van der Waals surface area (Å²) in [4.78, 5) is 26.6. The first-order valence-electron chi connectivity index (χ1n) is 5.69. The zero-order valence-electron chi connectivity index (χ0n) is 10.3. The number of furan rings is 1. The number of nitrogens with two attached hydrogens (primary N) is 1. The first kappa shape index (κ1) is 13.7. The summed E-state index contributed by atoms with van der Waals surface area (Å²) >= 11 is 0. The van der Waals surface area contributed by atoms with Gasteiger partial charge in [0.2, 0.25) is 0 Å². The average Bonchev–Trinajstić information content (AvgIpc) is 2.80. The number of rotatable bonds is 4. The van der Waals surface area contributed by atoms with Crippen LogP contribution in [0.3, 0.4) is 0 Å². The Labute approximate surface area is 109 Å². The number of hydrogen-bond donors (Lipinski definition) is 3. The third kappa shape index (κ3) is 2.84. The van der Waals surface area contributed by atoms with E-state index in [0.717, 1.165) is 6.42 Å². The van der Waals surface area contributed by atoms with Crippen LogP contribution in [0.25, 0.3) is 11.5 Å². The first-order chi connectivity index (χ1) is 8.93. The van der Waals surface area contributed by atoms with Crippen molar-refractivity contribution >= 4 is 18.7 Å². The monoisotopic (exact) mass is 283 g/mol. The highest BCUT2D eigenvalue weighted by molar-refractivity contribution is 7.60. The van der Waals surface area contributed by atoms with E-state index in [0.29, 0.717) is 12.1 Å². The molecule has 2 heterocycles. The van der Waals surface area contributed by atoms with Crippen molar-refractivity contribution in [3.63, 3.8) is 0 Å². The lowest BCUT2D eigenvalue weighted by Gasteiger charge is -2.06. The van der Waals surface area contributed by atoms with Gasteiger partial charge in [0.05, 0.1) is 18.2 Å². The Morgan fingerprint density at radius 1 is 1.47 bits per heavy atom. The Morgan fingerprint density at radius 2 is 2.21 bits per heavy atom. The molecule has 0 unspecified atom stereocenters. The van der Waals surface area contributed by atoms with Crippen LogP contribution in [0, 0.1) is 0 Å². The molecule has 4 N–H and O–H groups in total. The van der Waals surface area contributed by atoms with Crippen molar-refractivity contribution in [3.05, 3.63) is 24.2 Å². The Hall–Kier alpha value is -1.69. The quantitative estimate of drug-likeness (QED) is 0.717. The molecule has 102 valence electrons. The van der Waals surface area contributed by atoms with Gasteiger partial charge >= 0.3 is 7.60 Å². The lowest BCUT2D eigenvalue weighted by molar-refractivity contribution is 0.387. The molecule has 19 heavy (non-hydrogen) atoms. The number of nitrogens with zero attached hydrogens (tertiary/aromatic N) is 2. The number of aryl methyl sites for hydroxylation is 1. The SMILES string of the molecule is CCCc1ncc(-c2occc2P(=O)(O)O)nc1N. The van der Waals surface area contributed by atoms with Gasteiger partial charge in [0.1, 0.15) is 16.8 Å². The second kappa shape index (κ2) is 5.13. The van der Waals surface area contributed by atoms with Gasteiger partial charge in [-0.25, -0.2) is 4.98 Å². The van der Waals surface area contributed by atoms with Crippen molar-refractivity contribution in [2.24, 2.45) is 0 Å². The zero-order valence-corrected chi connectivity index (χ0v) is 11.2. The summed E-state index contributed by atoms with van der Waals surface area (Å²) in [6.07, 6.45) is 4.18. The van der Waals surface area contributed by atoms with Crippen molar-refractivity contribution in [2.75, 3.05) is 5.73 Å². The number of anilines is 1. The summed E-state index contributed by atoms with van der Waals surface area (Å²) in [5, 5.41) is -0.218. The topological polar surface area (TPSA) is 122 Å². The predicted octanol–water partition coefficient (Wildman–Crippen LogP) is 1.07. The van der Waals surface area contributed by atoms with Gasteiger partial charge in [0.25, 0.3) is 0 Å². The number of hydrogen-bond acceptors (Lipinski definition) is 5. The molecule has 2 rings (SSSR count). The summed E-state index contributed by atoms with van der Waals surface area (Å²) in [5.41, 5.74) is 6.63. The fourth-order valence-corrected chi connectivity index (χ4v) is 2.38. The van der Waals surface area contributed by atoms with Crippen LogP contribution in [0.15, 0.2) is 22.9 Å². The van der Waals surface area contributed by atoms with Crippen LogP contribution in [-0.4, -0.2) is 19.8 Å². The highest BCUT2D eigenvalue weighted by Gasteiger charge is 2.26. The van der Waals surface area contributed by atoms with Crippen LogP contribution in [-0.2, 0) is 11.0 Å². The van der Waals surface area contributed by atoms with Crippen molar-refractivity contribution in [2.45, 2.75) is 19.8 Å². The lowest BCUT2D eigenvalue weighted by atomic mass is 10.2. The Balaban J connectivity index is 2.46. The molecule has 0 aliphatic heterocycles. The van der Waals surface area contributed by atoms with Crippen LogP contribution < -0.4 is 11.0 Å². The van der Waals surface area contributed by atoms with E-state index < -0.39 is 7.60 Å². The Morgan fingerprint density at radius 3 is 2.79 bits per heavy atom. The van der Waals surface area contributed by atoms with Crippen molar-refractivity contribution in [3.8, 4) is 11.5 Å². The van der Waals surface area contributed by atoms with E-state index in [-0.39, 0.29) is 22.6 Å². The summed E-state index contributed by atoms with van der Waals surface area (Å²) in [7, 11) is -4.42. The molecule has 0 radical (unpaired) electrons. The lowest BCUT2D eigenvalue weighted by Crippen LogP contribution is -2.07. The molecule has 2 aromatic rings. The standard InChI is InChI=1S/C11H14N3O4P/c1-2-3-7-11(12)14-8(6-13-7)10-9(4-5-18-10)19(15,16)17/h4-6H,2-3H2,1H3,(H2,12,14)(H2,15,16,17). The van der Waals surface area contributed by atoms with Gasteiger partial charge in [0, 0.05) is 0 Å². The molecular weight excluding hydrogens is 269 g/mol. The van der Waals surface area contributed by atoms with Crippen LogP contribution in [0.1, 0.15) is 19.0 Å². The molecule has 0 saturated heterocycles. The van der Waals surface area contributed by atoms with Crippen molar-refractivity contribution in [1.82, 2.24) is 9.97 Å². The van der Waals surface area contributed by atoms with E-state index in [1.54, 1.807) is 0 Å². The maximum absolute atomic E-state index is 11.3. The zero-order chi connectivity index (χ0) is 14.0. The van der Waals surface area contributed by atoms with Crippen LogP contribution in [0.5, 0.6) is 0 Å². The van der Waals surface area contributed by atoms with E-state index in [1.165, 1.54) is 18.5 Å². The molecule has 0 atom stereocenters. The second-order valence-electron chi connectivity index (χ2n) is 4.02. The van der Waals surface area contributed by atoms with E-state index in [1.807, 2.05) is 6.92 Å². The van der Waals surface area contributed by atoms with Crippen molar-refractivity contribution in [1.29, 1.82) is 0 Å². The Bertz CT molecular complexity index is 635. The number of aromatic nitrogens is 2. The van der Waals surface area contributed by atoms with E-state index in [9.17, 15) is 14.4 Å². The largest absolute Gasteiger partial charge is 0.462 e. The van der Waals surface area contributed by atoms with Gasteiger partial charge < -0.3 is 19.9 Å². The highest BCUT2D eigenvalue weighted by atomic mass is 31.2. The third-order valence-electron chi connectivity index (χ3n) is 2.56. The molecule has 0 aliphatic rings. The van der Waals surface area contributed by atoms with Gasteiger partial charge in [0.15, 0.2) is 5.76 Å². The molecule has 0 spiro atoms. The van der Waals surface area contributed by atoms with Gasteiger partial charge in [-0.05, 0) is 12.5 Å². The predicted molar refractivity (Wildman–Crippen MR) is 69.8 cm³/mol. The summed E-state index contributed by atoms with van der Waals surface area (Å²) < 4.78 is 16.4. The summed E-state index contributed by atoms with van der Waals surface area (Å²) in [6.45, 7) is 1.99. The molecule has 2 aromatic heterocycles. The highest BCUT2D eigenvalue weighted by Crippen LogP contribution is 2.38. The molecular formula is C11H14N3O4P. The summed E-state index contributed by atoms with van der Waals surface area (Å²) in [6, 6.07) is 1.22. The minimum absolute atomic E-state index is 0.00409. The minimum atomic E-state index is -4.42. The maximum atomic E-state index is 11.3. The van der Waals surface area contributed by atoms with Crippen molar-refractivity contribution < 1.29 is 18.8 Å². The second-order valence-corrected chi connectivity index (χ2v) is 5.59. The van der Waals surface area contributed by atoms with Crippen LogP contribution in [0.2, 0.25) is 0 Å². The maximum Gasteiger partial charge on any atom is 0.360 e. The molecule has 0 bridgehead atoms. The molecule has 0 saturated carbocycles. The van der Waals surface area contributed by atoms with E-state index in [4.69, 9.17) is 10.2 Å². The normalized spacial score (nSPS) is 11.7. The smallest absolute Gasteiger partial charge is 0.360 e. The molecule has 0 aliphatic carbocycles. The van der Waals surface area contributed by atoms with Crippen LogP contribution >= 0.6 is 7.60 Å². The fourth-order valence-electron chi connectivity index (χ4n) is 1.69. The summed E-state index contributed by atoms with van der Waals surface area (Å²) in [5.74, 6) is 0.239. The Kier molecular flexibility index (Phi) is 3.71. The fraction of sp³-hybridized carbons (Fsp3) is 0.273. The third-order valence-corrected chi connectivity index (χ3v) is 3.54. The van der Waals surface area contributed by atoms with Gasteiger partial charge in [-0.3, -0.25) is 9.55 Å². The minimum Gasteiger partial charge on any atom is -0.462 e. The first-order valence-corrected chi connectivity index (χ1v) is 7.30. The van der Waals surface area contributed by atoms with Gasteiger partial charge in [-0.15, -0.1) is 0 Å². The molecule has 8 heteroatoms. The van der Waals surface area contributed by atoms with Gasteiger partial charge in [-0.2, -0.15) is 0 Å². The molecule has 0 amide bonds. The van der Waals surface area contributed by atoms with Gasteiger partial charge in [-0.1, -0.05) is 13.3 Å². The number of nitrogen functional groups attached to an aromatic ring is 1. The van der Waals surface area contributed by atoms with E-state index >= 15 is 0 Å². The molecule has 7 nitrogen and oxygen atoms in total. The molecule has 0 fully saturated rings. The average molecular weight is 283 g/mol. The van der Waals surface area contributed by atoms with Crippen LogP contribution in [0.4, 0.5) is 5.82 Å².